The van der Waals surface area contributed by atoms with Crippen molar-refractivity contribution in [1.29, 1.82) is 0 Å². The van der Waals surface area contributed by atoms with Gasteiger partial charge in [-0.2, -0.15) is 5.10 Å². The van der Waals surface area contributed by atoms with Crippen LogP contribution in [-0.4, -0.2) is 25.1 Å². The summed E-state index contributed by atoms with van der Waals surface area (Å²) < 4.78 is 0. The summed E-state index contributed by atoms with van der Waals surface area (Å²) in [4.78, 5) is 11.6. The fraction of sp³-hybridized carbons (Fsp3) is 0. The van der Waals surface area contributed by atoms with Gasteiger partial charge in [0.05, 0.1) is 11.9 Å². The van der Waals surface area contributed by atoms with Gasteiger partial charge < -0.3 is 5.73 Å². The third kappa shape index (κ3) is 1.94. The van der Waals surface area contributed by atoms with Gasteiger partial charge in [-0.15, -0.1) is 0 Å². The van der Waals surface area contributed by atoms with Crippen molar-refractivity contribution in [1.82, 2.24) is 25.1 Å². The molecule has 0 unspecified atom stereocenters. The molecule has 0 aromatic carbocycles. The standard InChI is InChI=1S/C6H5ClN6S/c7-5-9-1-3(8)4(12-5)14-6-10-2-11-13-6/h1-2H,8H2,(H,10,11,13). The Morgan fingerprint density at radius 3 is 3.00 bits per heavy atom. The van der Waals surface area contributed by atoms with E-state index in [4.69, 9.17) is 17.3 Å². The van der Waals surface area contributed by atoms with E-state index in [1.54, 1.807) is 0 Å². The number of rotatable bonds is 2. The van der Waals surface area contributed by atoms with Crippen molar-refractivity contribution in [3.05, 3.63) is 17.8 Å². The molecule has 0 aliphatic rings. The maximum absolute atomic E-state index is 5.64. The van der Waals surface area contributed by atoms with Gasteiger partial charge in [-0.05, 0) is 23.4 Å². The molecule has 8 heteroatoms. The Kier molecular flexibility index (Phi) is 2.51. The van der Waals surface area contributed by atoms with Crippen LogP contribution in [0.1, 0.15) is 0 Å². The topological polar surface area (TPSA) is 93.4 Å². The molecule has 14 heavy (non-hydrogen) atoms. The first-order valence-corrected chi connectivity index (χ1v) is 4.76. The zero-order valence-electron chi connectivity index (χ0n) is 6.81. The molecule has 0 aliphatic carbocycles. The van der Waals surface area contributed by atoms with Gasteiger partial charge in [0.25, 0.3) is 0 Å². The Morgan fingerprint density at radius 1 is 1.43 bits per heavy atom. The van der Waals surface area contributed by atoms with E-state index in [1.807, 2.05) is 0 Å². The van der Waals surface area contributed by atoms with Gasteiger partial charge in [-0.3, -0.25) is 5.10 Å². The molecule has 0 spiro atoms. The molecule has 0 aliphatic heterocycles. The molecule has 2 rings (SSSR count). The predicted octanol–water partition coefficient (Wildman–Crippen LogP) is 0.982. The third-order valence-corrected chi connectivity index (χ3v) is 2.43. The number of nitrogen functional groups attached to an aromatic ring is 1. The van der Waals surface area contributed by atoms with Crippen LogP contribution in [-0.2, 0) is 0 Å². The lowest BCUT2D eigenvalue weighted by Crippen LogP contribution is -1.94. The number of nitrogens with two attached hydrogens (primary N) is 1. The quantitative estimate of drug-likeness (QED) is 0.588. The van der Waals surface area contributed by atoms with E-state index in [0.717, 1.165) is 0 Å². The lowest BCUT2D eigenvalue weighted by atomic mass is 10.6. The van der Waals surface area contributed by atoms with Crippen LogP contribution in [0.2, 0.25) is 5.28 Å². The number of aromatic nitrogens is 5. The van der Waals surface area contributed by atoms with E-state index in [-0.39, 0.29) is 5.28 Å². The first kappa shape index (κ1) is 9.22. The first-order chi connectivity index (χ1) is 6.75. The van der Waals surface area contributed by atoms with Crippen molar-refractivity contribution in [3.63, 3.8) is 0 Å². The monoisotopic (exact) mass is 228 g/mol. The smallest absolute Gasteiger partial charge is 0.223 e. The number of H-pyrrole nitrogens is 1. The molecular weight excluding hydrogens is 224 g/mol. The molecule has 2 aromatic rings. The molecule has 2 heterocycles. The molecule has 0 saturated heterocycles. The van der Waals surface area contributed by atoms with Crippen molar-refractivity contribution in [2.45, 2.75) is 10.2 Å². The van der Waals surface area contributed by atoms with Gasteiger partial charge in [0.1, 0.15) is 11.4 Å². The lowest BCUT2D eigenvalue weighted by molar-refractivity contribution is 0.964. The maximum atomic E-state index is 5.64. The van der Waals surface area contributed by atoms with Crippen LogP contribution in [0, 0.1) is 0 Å². The van der Waals surface area contributed by atoms with Crippen LogP contribution >= 0.6 is 23.4 Å². The SMILES string of the molecule is Nc1cnc(Cl)nc1Sc1ncn[nH]1. The highest BCUT2D eigenvalue weighted by Crippen LogP contribution is 2.27. The summed E-state index contributed by atoms with van der Waals surface area (Å²) in [6.45, 7) is 0. The second kappa shape index (κ2) is 3.81. The van der Waals surface area contributed by atoms with E-state index in [2.05, 4.69) is 25.1 Å². The summed E-state index contributed by atoms with van der Waals surface area (Å²) in [6.07, 6.45) is 2.86. The van der Waals surface area contributed by atoms with Crippen LogP contribution in [0.25, 0.3) is 0 Å². The first-order valence-electron chi connectivity index (χ1n) is 3.57. The minimum Gasteiger partial charge on any atom is -0.395 e. The van der Waals surface area contributed by atoms with Crippen LogP contribution in [0.4, 0.5) is 5.69 Å². The molecule has 0 saturated carbocycles. The molecule has 0 fully saturated rings. The van der Waals surface area contributed by atoms with E-state index < -0.39 is 0 Å². The molecule has 0 bridgehead atoms. The molecule has 6 nitrogen and oxygen atoms in total. The molecule has 0 radical (unpaired) electrons. The zero-order chi connectivity index (χ0) is 9.97. The van der Waals surface area contributed by atoms with Gasteiger partial charge in [-0.25, -0.2) is 15.0 Å². The van der Waals surface area contributed by atoms with Crippen LogP contribution in [0.3, 0.4) is 0 Å². The van der Waals surface area contributed by atoms with Crippen molar-refractivity contribution in [2.75, 3.05) is 5.73 Å². The summed E-state index contributed by atoms with van der Waals surface area (Å²) in [5.41, 5.74) is 6.09. The van der Waals surface area contributed by atoms with Crippen molar-refractivity contribution in [3.8, 4) is 0 Å². The molecule has 0 amide bonds. The largest absolute Gasteiger partial charge is 0.395 e. The van der Waals surface area contributed by atoms with Crippen molar-refractivity contribution >= 4 is 29.1 Å². The van der Waals surface area contributed by atoms with Crippen LogP contribution in [0.5, 0.6) is 0 Å². The van der Waals surface area contributed by atoms with Crippen molar-refractivity contribution in [2.24, 2.45) is 0 Å². The van der Waals surface area contributed by atoms with E-state index in [1.165, 1.54) is 24.3 Å². The zero-order valence-corrected chi connectivity index (χ0v) is 8.38. The van der Waals surface area contributed by atoms with Crippen molar-refractivity contribution < 1.29 is 0 Å². The van der Waals surface area contributed by atoms with Crippen LogP contribution in [0.15, 0.2) is 22.7 Å². The minimum atomic E-state index is 0.154. The molecule has 72 valence electrons. The average molecular weight is 229 g/mol. The maximum Gasteiger partial charge on any atom is 0.223 e. The number of hydrogen-bond donors (Lipinski definition) is 2. The van der Waals surface area contributed by atoms with Gasteiger partial charge >= 0.3 is 0 Å². The second-order valence-electron chi connectivity index (χ2n) is 2.29. The van der Waals surface area contributed by atoms with Gasteiger partial charge in [-0.1, -0.05) is 0 Å². The summed E-state index contributed by atoms with van der Waals surface area (Å²) in [6, 6.07) is 0. The molecule has 2 aromatic heterocycles. The number of hydrogen-bond acceptors (Lipinski definition) is 6. The number of nitrogens with one attached hydrogen (secondary N) is 1. The number of aromatic amines is 1. The van der Waals surface area contributed by atoms with E-state index >= 15 is 0 Å². The summed E-state index contributed by atoms with van der Waals surface area (Å²) in [5.74, 6) is 0. The summed E-state index contributed by atoms with van der Waals surface area (Å²) in [5, 5.41) is 7.69. The fourth-order valence-corrected chi connectivity index (χ4v) is 1.64. The normalized spacial score (nSPS) is 10.4. The number of nitrogens with zero attached hydrogens (tertiary/aromatic N) is 4. The molecule has 3 N–H and O–H groups in total. The number of halogens is 1. The Balaban J connectivity index is 2.28. The van der Waals surface area contributed by atoms with E-state index in [0.29, 0.717) is 15.9 Å². The highest BCUT2D eigenvalue weighted by Gasteiger charge is 2.07. The Morgan fingerprint density at radius 2 is 2.29 bits per heavy atom. The van der Waals surface area contributed by atoms with Gasteiger partial charge in [0, 0.05) is 0 Å². The minimum absolute atomic E-state index is 0.154. The lowest BCUT2D eigenvalue weighted by Gasteiger charge is -2.00. The highest BCUT2D eigenvalue weighted by atomic mass is 35.5. The van der Waals surface area contributed by atoms with Gasteiger partial charge in [0.15, 0.2) is 5.16 Å². The summed E-state index contributed by atoms with van der Waals surface area (Å²) in [7, 11) is 0. The second-order valence-corrected chi connectivity index (χ2v) is 3.61. The third-order valence-electron chi connectivity index (χ3n) is 1.34. The number of anilines is 1. The van der Waals surface area contributed by atoms with Crippen LogP contribution < -0.4 is 5.73 Å². The van der Waals surface area contributed by atoms with E-state index in [9.17, 15) is 0 Å². The molecule has 0 atom stereocenters. The average Bonchev–Trinajstić information content (AvgIpc) is 2.64. The molecular formula is C6H5ClN6S. The van der Waals surface area contributed by atoms with Gasteiger partial charge in [0.2, 0.25) is 5.28 Å². The summed E-state index contributed by atoms with van der Waals surface area (Å²) >= 11 is 6.86. The highest BCUT2D eigenvalue weighted by molar-refractivity contribution is 7.99. The predicted molar refractivity (Wildman–Crippen MR) is 52.0 cm³/mol. The Labute approximate surface area is 88.3 Å². The fourth-order valence-electron chi connectivity index (χ4n) is 0.772. The Bertz CT molecular complexity index is 430. The Hall–Kier alpha value is -1.34.